The quantitative estimate of drug-likeness (QED) is 0.462. The second-order valence-corrected chi connectivity index (χ2v) is 10.5. The molecule has 1 saturated heterocycles. The predicted octanol–water partition coefficient (Wildman–Crippen LogP) is 5.20. The number of methoxy groups -OCH3 is 1. The molecule has 0 amide bonds. The molecule has 4 atom stereocenters. The van der Waals surface area contributed by atoms with Gasteiger partial charge in [-0.2, -0.15) is 0 Å². The second-order valence-electron chi connectivity index (χ2n) is 10.5. The van der Waals surface area contributed by atoms with Crippen LogP contribution in [-0.4, -0.2) is 36.0 Å². The van der Waals surface area contributed by atoms with Crippen molar-refractivity contribution in [3.8, 4) is 0 Å². The van der Waals surface area contributed by atoms with Crippen LogP contribution in [0.4, 0.5) is 5.69 Å². The summed E-state index contributed by atoms with van der Waals surface area (Å²) in [5.74, 6) is -0.574. The maximum atomic E-state index is 13.8. The number of carbonyl (C=O) groups is 2. The molecule has 2 aliphatic heterocycles. The summed E-state index contributed by atoms with van der Waals surface area (Å²) < 4.78 is 11.2. The van der Waals surface area contributed by atoms with Crippen molar-refractivity contribution in [1.82, 2.24) is 4.90 Å². The molecule has 6 heteroatoms. The van der Waals surface area contributed by atoms with Crippen LogP contribution in [0.1, 0.15) is 36.5 Å². The monoisotopic (exact) mass is 508 g/mol. The van der Waals surface area contributed by atoms with Crippen molar-refractivity contribution in [3.63, 3.8) is 0 Å². The smallest absolute Gasteiger partial charge is 0.335 e. The van der Waals surface area contributed by atoms with Crippen LogP contribution in [0.5, 0.6) is 0 Å². The Morgan fingerprint density at radius 2 is 1.61 bits per heavy atom. The molecular weight excluding hydrogens is 476 g/mol. The number of anilines is 1. The summed E-state index contributed by atoms with van der Waals surface area (Å²) in [7, 11) is 1.43. The van der Waals surface area contributed by atoms with E-state index in [1.807, 2.05) is 60.7 Å². The van der Waals surface area contributed by atoms with Crippen LogP contribution >= 0.6 is 0 Å². The van der Waals surface area contributed by atoms with Crippen molar-refractivity contribution in [2.45, 2.75) is 50.4 Å². The minimum atomic E-state index is -0.530. The number of carbonyl (C=O) groups excluding carboxylic acids is 2. The van der Waals surface area contributed by atoms with E-state index >= 15 is 0 Å². The summed E-state index contributed by atoms with van der Waals surface area (Å²) in [5.41, 5.74) is 5.24. The molecule has 6 rings (SSSR count). The van der Waals surface area contributed by atoms with Crippen LogP contribution < -0.4 is 5.32 Å². The number of rotatable bonds is 6. The second kappa shape index (κ2) is 9.76. The molecule has 0 unspecified atom stereocenters. The van der Waals surface area contributed by atoms with Gasteiger partial charge in [0.15, 0.2) is 0 Å². The van der Waals surface area contributed by atoms with E-state index in [-0.39, 0.29) is 30.5 Å². The minimum Gasteiger partial charge on any atom is -0.466 e. The predicted molar refractivity (Wildman–Crippen MR) is 145 cm³/mol. The largest absolute Gasteiger partial charge is 0.466 e. The van der Waals surface area contributed by atoms with Gasteiger partial charge in [0.2, 0.25) is 0 Å². The van der Waals surface area contributed by atoms with E-state index in [4.69, 9.17) is 9.47 Å². The SMILES string of the molecule is COC(=O)C1=C2Nc3ccccc3[C@@]23C[C@@H](C(=O)OCc2ccccc2)N(Cc2ccccc2)[C@H]3C[C@H]1C. The highest BCUT2D eigenvalue weighted by Gasteiger charge is 2.63. The van der Waals surface area contributed by atoms with Gasteiger partial charge < -0.3 is 14.8 Å². The molecule has 0 radical (unpaired) electrons. The number of ether oxygens (including phenoxy) is 2. The van der Waals surface area contributed by atoms with E-state index in [0.717, 1.165) is 34.5 Å². The van der Waals surface area contributed by atoms with Gasteiger partial charge in [0.25, 0.3) is 0 Å². The van der Waals surface area contributed by atoms with Gasteiger partial charge in [-0.05, 0) is 41.5 Å². The Labute approximate surface area is 223 Å². The number of hydrogen-bond acceptors (Lipinski definition) is 6. The van der Waals surface area contributed by atoms with E-state index in [1.165, 1.54) is 7.11 Å². The summed E-state index contributed by atoms with van der Waals surface area (Å²) in [6.45, 7) is 2.93. The number of esters is 2. The highest BCUT2D eigenvalue weighted by Crippen LogP contribution is 2.60. The molecule has 6 nitrogen and oxygen atoms in total. The van der Waals surface area contributed by atoms with Gasteiger partial charge in [0, 0.05) is 24.0 Å². The van der Waals surface area contributed by atoms with Gasteiger partial charge in [-0.25, -0.2) is 4.79 Å². The Hall–Kier alpha value is -3.90. The number of nitrogens with one attached hydrogen (secondary N) is 1. The average Bonchev–Trinajstić information content (AvgIpc) is 3.45. The lowest BCUT2D eigenvalue weighted by Crippen LogP contribution is -2.49. The van der Waals surface area contributed by atoms with Crippen molar-refractivity contribution in [2.75, 3.05) is 12.4 Å². The highest BCUT2D eigenvalue weighted by atomic mass is 16.5. The van der Waals surface area contributed by atoms with Crippen molar-refractivity contribution in [2.24, 2.45) is 5.92 Å². The summed E-state index contributed by atoms with van der Waals surface area (Å²) in [4.78, 5) is 29.2. The van der Waals surface area contributed by atoms with Gasteiger partial charge in [-0.1, -0.05) is 85.8 Å². The fraction of sp³-hybridized carbons (Fsp3) is 0.312. The van der Waals surface area contributed by atoms with E-state index in [2.05, 4.69) is 41.4 Å². The summed E-state index contributed by atoms with van der Waals surface area (Å²) >= 11 is 0. The molecule has 0 bridgehead atoms. The van der Waals surface area contributed by atoms with Crippen LogP contribution in [0.3, 0.4) is 0 Å². The Balaban J connectivity index is 1.45. The normalized spacial score (nSPS) is 25.7. The van der Waals surface area contributed by atoms with Gasteiger partial charge in [0.05, 0.1) is 18.1 Å². The summed E-state index contributed by atoms with van der Waals surface area (Å²) in [5, 5.41) is 3.60. The third-order valence-corrected chi connectivity index (χ3v) is 8.45. The molecule has 194 valence electrons. The van der Waals surface area contributed by atoms with Crippen LogP contribution in [0, 0.1) is 5.92 Å². The molecular formula is C32H32N2O4. The molecule has 1 fully saturated rings. The first kappa shape index (κ1) is 24.4. The zero-order valence-corrected chi connectivity index (χ0v) is 21.7. The molecule has 3 aromatic rings. The molecule has 38 heavy (non-hydrogen) atoms. The number of hydrogen-bond donors (Lipinski definition) is 1. The van der Waals surface area contributed by atoms with Gasteiger partial charge in [-0.3, -0.25) is 9.69 Å². The average molecular weight is 509 g/mol. The highest BCUT2D eigenvalue weighted by molar-refractivity contribution is 5.93. The third-order valence-electron chi connectivity index (χ3n) is 8.45. The Morgan fingerprint density at radius 1 is 0.947 bits per heavy atom. The Morgan fingerprint density at radius 3 is 2.32 bits per heavy atom. The standard InChI is InChI=1S/C32H32N2O4/c1-21-17-27-32(24-15-9-10-16-25(24)33-29(32)28(21)31(36)37-2)18-26(34(27)19-22-11-5-3-6-12-22)30(35)38-20-23-13-7-4-8-14-23/h3-16,21,26-27,33H,17-20H2,1-2H3/t21-,26+,27+,32-/m1/s1. The molecule has 3 aromatic carbocycles. The first-order valence-corrected chi connectivity index (χ1v) is 13.2. The number of nitrogens with zero attached hydrogens (tertiary/aromatic N) is 1. The Bertz CT molecular complexity index is 1390. The maximum Gasteiger partial charge on any atom is 0.335 e. The van der Waals surface area contributed by atoms with E-state index in [9.17, 15) is 9.59 Å². The fourth-order valence-electron chi connectivity index (χ4n) is 6.79. The van der Waals surface area contributed by atoms with Crippen molar-refractivity contribution >= 4 is 17.6 Å². The first-order valence-electron chi connectivity index (χ1n) is 13.2. The number of fused-ring (bicyclic) bond motifs is 1. The molecule has 2 heterocycles. The number of likely N-dealkylation sites (tertiary alicyclic amines) is 1. The van der Waals surface area contributed by atoms with Crippen molar-refractivity contribution in [3.05, 3.63) is 113 Å². The zero-order chi connectivity index (χ0) is 26.3. The van der Waals surface area contributed by atoms with E-state index in [0.29, 0.717) is 18.5 Å². The summed E-state index contributed by atoms with van der Waals surface area (Å²) in [6.07, 6.45) is 1.27. The molecule has 0 saturated carbocycles. The fourth-order valence-corrected chi connectivity index (χ4v) is 6.79. The van der Waals surface area contributed by atoms with Crippen molar-refractivity contribution < 1.29 is 19.1 Å². The van der Waals surface area contributed by atoms with E-state index in [1.54, 1.807) is 0 Å². The molecule has 1 N–H and O–H groups in total. The van der Waals surface area contributed by atoms with Crippen LogP contribution in [0.15, 0.2) is 96.2 Å². The van der Waals surface area contributed by atoms with E-state index < -0.39 is 11.5 Å². The molecule has 0 aromatic heterocycles. The van der Waals surface area contributed by atoms with Crippen LogP contribution in [-0.2, 0) is 37.6 Å². The maximum absolute atomic E-state index is 13.8. The molecule has 1 spiro atoms. The minimum absolute atomic E-state index is 0.00605. The van der Waals surface area contributed by atoms with Crippen LogP contribution in [0.2, 0.25) is 0 Å². The lowest BCUT2D eigenvalue weighted by molar-refractivity contribution is -0.151. The number of para-hydroxylation sites is 1. The Kier molecular flexibility index (Phi) is 6.28. The summed E-state index contributed by atoms with van der Waals surface area (Å²) in [6, 6.07) is 27.8. The van der Waals surface area contributed by atoms with Gasteiger partial charge in [-0.15, -0.1) is 0 Å². The van der Waals surface area contributed by atoms with Crippen LogP contribution in [0.25, 0.3) is 0 Å². The molecule has 3 aliphatic rings. The van der Waals surface area contributed by atoms with Gasteiger partial charge >= 0.3 is 11.9 Å². The van der Waals surface area contributed by atoms with Crippen molar-refractivity contribution in [1.29, 1.82) is 0 Å². The van der Waals surface area contributed by atoms with Gasteiger partial charge in [0.1, 0.15) is 12.6 Å². The topological polar surface area (TPSA) is 67.9 Å². The zero-order valence-electron chi connectivity index (χ0n) is 21.7. The molecule has 1 aliphatic carbocycles. The first-order chi connectivity index (χ1) is 18.5. The lowest BCUT2D eigenvalue weighted by Gasteiger charge is -2.43. The third kappa shape index (κ3) is 3.91. The lowest BCUT2D eigenvalue weighted by atomic mass is 9.64. The number of benzene rings is 3.